The van der Waals surface area contributed by atoms with Crippen molar-refractivity contribution in [3.05, 3.63) is 47.3 Å². The van der Waals surface area contributed by atoms with E-state index in [4.69, 9.17) is 14.6 Å². The number of carbonyl (C=O) groups is 3. The summed E-state index contributed by atoms with van der Waals surface area (Å²) in [6, 6.07) is 7.13. The molecule has 14 heteroatoms. The fraction of sp³-hybridized carbons (Fsp3) is 0.409. The van der Waals surface area contributed by atoms with Crippen LogP contribution >= 0.6 is 15.9 Å². The van der Waals surface area contributed by atoms with Crippen molar-refractivity contribution in [2.45, 2.75) is 44.0 Å². The van der Waals surface area contributed by atoms with Crippen molar-refractivity contribution in [3.8, 4) is 5.75 Å². The molecule has 1 fully saturated rings. The Labute approximate surface area is 212 Å². The Morgan fingerprint density at radius 1 is 1.08 bits per heavy atom. The number of halogens is 4. The SMILES string of the molecule is O=C(NCC(Oc1ccc(Br)cc1)C(=O)O)C1CCC(Nc2cnccn2)CC1.O=C(O)C(F)(F)F. The average Bonchev–Trinajstić information content (AvgIpc) is 2.83. The topological polar surface area (TPSA) is 151 Å². The van der Waals surface area contributed by atoms with Crippen LogP contribution in [0.5, 0.6) is 5.75 Å². The Kier molecular flexibility index (Phi) is 10.9. The van der Waals surface area contributed by atoms with E-state index in [0.29, 0.717) is 5.75 Å². The number of amides is 1. The van der Waals surface area contributed by atoms with Gasteiger partial charge in [0.2, 0.25) is 12.0 Å². The van der Waals surface area contributed by atoms with Crippen LogP contribution in [-0.4, -0.2) is 62.9 Å². The number of benzene rings is 1. The molecule has 1 aromatic heterocycles. The lowest BCUT2D eigenvalue weighted by molar-refractivity contribution is -0.192. The molecule has 2 aromatic rings. The summed E-state index contributed by atoms with van der Waals surface area (Å²) in [6.45, 7) is -0.0813. The van der Waals surface area contributed by atoms with E-state index < -0.39 is 24.2 Å². The number of hydrogen-bond donors (Lipinski definition) is 4. The number of aliphatic carboxylic acids is 2. The smallest absolute Gasteiger partial charge is 0.478 e. The van der Waals surface area contributed by atoms with Crippen LogP contribution in [0.25, 0.3) is 0 Å². The molecule has 36 heavy (non-hydrogen) atoms. The molecule has 1 unspecified atom stereocenters. The number of alkyl halides is 3. The van der Waals surface area contributed by atoms with Crippen molar-refractivity contribution in [2.75, 3.05) is 11.9 Å². The molecule has 0 aliphatic heterocycles. The lowest BCUT2D eigenvalue weighted by Crippen LogP contribution is -2.43. The number of carbonyl (C=O) groups excluding carboxylic acids is 1. The number of carboxylic acids is 2. The fourth-order valence-corrected chi connectivity index (χ4v) is 3.54. The standard InChI is InChI=1S/C20H23BrN4O4.C2HF3O2/c21-14-3-7-16(8-4-14)29-17(20(27)28)11-24-19(26)13-1-5-15(6-2-13)25-18-12-22-9-10-23-18;3-2(4,5)1(6)7/h3-4,7-10,12-13,15,17H,1-2,5-6,11H2,(H,23,25)(H,24,26)(H,27,28);(H,6,7). The average molecular weight is 577 g/mol. The third-order valence-electron chi connectivity index (χ3n) is 5.08. The van der Waals surface area contributed by atoms with E-state index in [2.05, 4.69) is 36.5 Å². The van der Waals surface area contributed by atoms with Crippen LogP contribution in [0.1, 0.15) is 25.7 Å². The maximum absolute atomic E-state index is 12.5. The van der Waals surface area contributed by atoms with Crippen molar-refractivity contribution in [2.24, 2.45) is 5.92 Å². The first-order chi connectivity index (χ1) is 17.0. The number of nitrogens with one attached hydrogen (secondary N) is 2. The maximum atomic E-state index is 12.5. The number of nitrogens with zero attached hydrogens (tertiary/aromatic N) is 2. The third kappa shape index (κ3) is 10.1. The minimum absolute atomic E-state index is 0.0813. The number of anilines is 1. The molecule has 1 aliphatic rings. The minimum atomic E-state index is -5.08. The molecule has 0 saturated heterocycles. The number of carboxylic acid groups (broad SMARTS) is 2. The van der Waals surface area contributed by atoms with Gasteiger partial charge in [-0.15, -0.1) is 0 Å². The Morgan fingerprint density at radius 3 is 2.19 bits per heavy atom. The lowest BCUT2D eigenvalue weighted by Gasteiger charge is -2.29. The van der Waals surface area contributed by atoms with Gasteiger partial charge < -0.3 is 25.6 Å². The second-order valence-corrected chi connectivity index (χ2v) is 8.65. The molecule has 196 valence electrons. The summed E-state index contributed by atoms with van der Waals surface area (Å²) in [5, 5.41) is 22.6. The molecule has 1 amide bonds. The summed E-state index contributed by atoms with van der Waals surface area (Å²) in [5.41, 5.74) is 0. The number of ether oxygens (including phenoxy) is 1. The van der Waals surface area contributed by atoms with Gasteiger partial charge in [0.15, 0.2) is 0 Å². The van der Waals surface area contributed by atoms with E-state index in [1.807, 2.05) is 0 Å². The molecule has 1 aromatic carbocycles. The van der Waals surface area contributed by atoms with Crippen LogP contribution in [0, 0.1) is 5.92 Å². The molecular formula is C22H24BrF3N4O6. The van der Waals surface area contributed by atoms with Crippen molar-refractivity contribution in [1.29, 1.82) is 0 Å². The Balaban J connectivity index is 0.000000572. The van der Waals surface area contributed by atoms with Crippen molar-refractivity contribution >= 4 is 39.6 Å². The Hall–Kier alpha value is -3.42. The molecule has 1 atom stereocenters. The number of hydrogen-bond acceptors (Lipinski definition) is 7. The molecule has 0 bridgehead atoms. The van der Waals surface area contributed by atoms with Crippen LogP contribution in [-0.2, 0) is 14.4 Å². The summed E-state index contributed by atoms with van der Waals surface area (Å²) >= 11 is 3.32. The monoisotopic (exact) mass is 576 g/mol. The van der Waals surface area contributed by atoms with Crippen LogP contribution in [0.3, 0.4) is 0 Å². The van der Waals surface area contributed by atoms with Gasteiger partial charge >= 0.3 is 18.1 Å². The zero-order valence-corrected chi connectivity index (χ0v) is 20.3. The van der Waals surface area contributed by atoms with E-state index in [1.165, 1.54) is 0 Å². The second-order valence-electron chi connectivity index (χ2n) is 7.73. The third-order valence-corrected chi connectivity index (χ3v) is 5.61. The normalized spacial score (nSPS) is 18.1. The fourth-order valence-electron chi connectivity index (χ4n) is 3.28. The predicted octanol–water partition coefficient (Wildman–Crippen LogP) is 3.49. The van der Waals surface area contributed by atoms with E-state index in [-0.39, 0.29) is 24.4 Å². The first kappa shape index (κ1) is 28.8. The first-order valence-corrected chi connectivity index (χ1v) is 11.5. The van der Waals surface area contributed by atoms with Crippen molar-refractivity contribution in [1.82, 2.24) is 15.3 Å². The predicted molar refractivity (Wildman–Crippen MR) is 124 cm³/mol. The van der Waals surface area contributed by atoms with Gasteiger partial charge in [0.25, 0.3) is 0 Å². The molecule has 1 aliphatic carbocycles. The maximum Gasteiger partial charge on any atom is 0.490 e. The van der Waals surface area contributed by atoms with Crippen LogP contribution in [0.4, 0.5) is 19.0 Å². The van der Waals surface area contributed by atoms with E-state index in [1.54, 1.807) is 42.9 Å². The van der Waals surface area contributed by atoms with Crippen LogP contribution in [0.15, 0.2) is 47.3 Å². The molecule has 4 N–H and O–H groups in total. The van der Waals surface area contributed by atoms with Gasteiger partial charge in [-0.05, 0) is 49.9 Å². The van der Waals surface area contributed by atoms with E-state index in [9.17, 15) is 27.9 Å². The highest BCUT2D eigenvalue weighted by Gasteiger charge is 2.38. The van der Waals surface area contributed by atoms with Crippen molar-refractivity contribution in [3.63, 3.8) is 0 Å². The lowest BCUT2D eigenvalue weighted by atomic mass is 9.85. The molecule has 3 rings (SSSR count). The molecule has 10 nitrogen and oxygen atoms in total. The second kappa shape index (κ2) is 13.6. The molecular weight excluding hydrogens is 553 g/mol. The Bertz CT molecular complexity index is 1000. The van der Waals surface area contributed by atoms with Gasteiger partial charge in [-0.25, -0.2) is 14.6 Å². The summed E-state index contributed by atoms with van der Waals surface area (Å²) in [4.78, 5) is 41.1. The van der Waals surface area contributed by atoms with Crippen LogP contribution < -0.4 is 15.4 Å². The summed E-state index contributed by atoms with van der Waals surface area (Å²) in [6.07, 6.45) is 1.85. The van der Waals surface area contributed by atoms with E-state index in [0.717, 1.165) is 36.0 Å². The van der Waals surface area contributed by atoms with Gasteiger partial charge in [-0.2, -0.15) is 13.2 Å². The summed E-state index contributed by atoms with van der Waals surface area (Å²) in [7, 11) is 0. The van der Waals surface area contributed by atoms with Crippen LogP contribution in [0.2, 0.25) is 0 Å². The highest BCUT2D eigenvalue weighted by molar-refractivity contribution is 9.10. The highest BCUT2D eigenvalue weighted by Crippen LogP contribution is 2.26. The molecule has 0 spiro atoms. The first-order valence-electron chi connectivity index (χ1n) is 10.7. The largest absolute Gasteiger partial charge is 0.490 e. The number of aromatic nitrogens is 2. The zero-order chi connectivity index (χ0) is 26.7. The molecule has 1 heterocycles. The minimum Gasteiger partial charge on any atom is -0.478 e. The zero-order valence-electron chi connectivity index (χ0n) is 18.7. The summed E-state index contributed by atoms with van der Waals surface area (Å²) in [5.74, 6) is -2.97. The van der Waals surface area contributed by atoms with Gasteiger partial charge in [-0.1, -0.05) is 15.9 Å². The van der Waals surface area contributed by atoms with Crippen molar-refractivity contribution < 1.29 is 42.5 Å². The molecule has 0 radical (unpaired) electrons. The summed E-state index contributed by atoms with van der Waals surface area (Å²) < 4.78 is 38.1. The Morgan fingerprint density at radius 2 is 1.69 bits per heavy atom. The van der Waals surface area contributed by atoms with E-state index >= 15 is 0 Å². The van der Waals surface area contributed by atoms with Gasteiger partial charge in [0.05, 0.1) is 12.7 Å². The quantitative estimate of drug-likeness (QED) is 0.370. The number of rotatable bonds is 8. The highest BCUT2D eigenvalue weighted by atomic mass is 79.9. The van der Waals surface area contributed by atoms with Gasteiger partial charge in [0, 0.05) is 28.8 Å². The molecule has 1 saturated carbocycles. The van der Waals surface area contributed by atoms with Gasteiger partial charge in [0.1, 0.15) is 11.6 Å². The van der Waals surface area contributed by atoms with Gasteiger partial charge in [-0.3, -0.25) is 9.78 Å².